The molecule has 1 aliphatic rings. The monoisotopic (exact) mass is 338 g/mol. The number of azide groups is 1. The van der Waals surface area contributed by atoms with Crippen molar-refractivity contribution in [3.63, 3.8) is 0 Å². The minimum absolute atomic E-state index is 0.0457. The molecule has 124 valence electrons. The molecule has 0 bridgehead atoms. The van der Waals surface area contributed by atoms with E-state index in [4.69, 9.17) is 21.9 Å². The number of halogens is 1. The van der Waals surface area contributed by atoms with E-state index in [9.17, 15) is 9.90 Å². The van der Waals surface area contributed by atoms with Gasteiger partial charge >= 0.3 is 6.09 Å². The van der Waals surface area contributed by atoms with Gasteiger partial charge in [-0.2, -0.15) is 0 Å². The third-order valence-electron chi connectivity index (χ3n) is 3.89. The summed E-state index contributed by atoms with van der Waals surface area (Å²) in [5.74, 6) is 0.0457. The van der Waals surface area contributed by atoms with E-state index in [1.54, 1.807) is 6.07 Å². The van der Waals surface area contributed by atoms with E-state index >= 15 is 0 Å². The summed E-state index contributed by atoms with van der Waals surface area (Å²) in [6.07, 6.45) is 0.495. The number of nitrogens with zero attached hydrogens (tertiary/aromatic N) is 4. The summed E-state index contributed by atoms with van der Waals surface area (Å²) in [7, 11) is 0. The van der Waals surface area contributed by atoms with Crippen molar-refractivity contribution >= 4 is 17.7 Å². The molecule has 0 saturated carbocycles. The molecule has 1 N–H and O–H groups in total. The first-order valence-electron chi connectivity index (χ1n) is 7.47. The molecule has 8 heteroatoms. The second-order valence-electron chi connectivity index (χ2n) is 5.43. The molecule has 0 aliphatic carbocycles. The fourth-order valence-corrected chi connectivity index (χ4v) is 3.08. The summed E-state index contributed by atoms with van der Waals surface area (Å²) in [5, 5.41) is 13.3. The van der Waals surface area contributed by atoms with Gasteiger partial charge in [-0.05, 0) is 36.1 Å². The van der Waals surface area contributed by atoms with Crippen LogP contribution in [-0.4, -0.2) is 42.3 Å². The summed E-state index contributed by atoms with van der Waals surface area (Å²) in [4.78, 5) is 15.3. The third-order valence-corrected chi connectivity index (χ3v) is 4.12. The minimum atomic E-state index is -0.909. The maximum absolute atomic E-state index is 11.2. The predicted molar refractivity (Wildman–Crippen MR) is 86.5 cm³/mol. The lowest BCUT2D eigenvalue weighted by atomic mass is 9.88. The first-order chi connectivity index (χ1) is 11.1. The molecule has 1 heterocycles. The van der Waals surface area contributed by atoms with Gasteiger partial charge in [-0.25, -0.2) is 4.79 Å². The van der Waals surface area contributed by atoms with E-state index in [1.165, 1.54) is 4.90 Å². The Morgan fingerprint density at radius 3 is 3.13 bits per heavy atom. The molecule has 2 atom stereocenters. The Labute approximate surface area is 139 Å². The lowest BCUT2D eigenvalue weighted by molar-refractivity contribution is -0.00971. The van der Waals surface area contributed by atoms with Crippen LogP contribution in [0.25, 0.3) is 10.4 Å². The molecule has 1 amide bonds. The first-order valence-corrected chi connectivity index (χ1v) is 7.85. The highest BCUT2D eigenvalue weighted by Crippen LogP contribution is 2.33. The standard InChI is InChI=1S/C15H19ClN4O3/c16-13-5-1-3-11(9-13)14(23-8-6-18-19-17)12-4-2-7-20(10-12)15(21)22/h1,3,5,9,12,14H,2,4,6-8,10H2,(H,21,22)/t12-,14+/m1/s1. The van der Waals surface area contributed by atoms with Crippen molar-refractivity contribution in [3.05, 3.63) is 45.3 Å². The van der Waals surface area contributed by atoms with Crippen LogP contribution in [0.1, 0.15) is 24.5 Å². The van der Waals surface area contributed by atoms with Crippen molar-refractivity contribution in [2.24, 2.45) is 11.0 Å². The van der Waals surface area contributed by atoms with Crippen molar-refractivity contribution in [2.75, 3.05) is 26.2 Å². The number of ether oxygens (including phenoxy) is 1. The summed E-state index contributed by atoms with van der Waals surface area (Å²) in [6.45, 7) is 1.49. The first kappa shape index (κ1) is 17.4. The highest BCUT2D eigenvalue weighted by molar-refractivity contribution is 6.30. The van der Waals surface area contributed by atoms with E-state index < -0.39 is 6.09 Å². The van der Waals surface area contributed by atoms with Crippen LogP contribution in [0.3, 0.4) is 0 Å². The zero-order chi connectivity index (χ0) is 16.7. The van der Waals surface area contributed by atoms with E-state index in [2.05, 4.69) is 10.0 Å². The molecule has 23 heavy (non-hydrogen) atoms. The van der Waals surface area contributed by atoms with E-state index in [-0.39, 0.29) is 25.2 Å². The van der Waals surface area contributed by atoms with Gasteiger partial charge in [0, 0.05) is 35.5 Å². The van der Waals surface area contributed by atoms with Gasteiger partial charge in [0.15, 0.2) is 0 Å². The van der Waals surface area contributed by atoms with Gasteiger partial charge in [0.05, 0.1) is 12.7 Å². The number of likely N-dealkylation sites (tertiary alicyclic amines) is 1. The van der Waals surface area contributed by atoms with Gasteiger partial charge in [-0.3, -0.25) is 0 Å². The normalized spacial score (nSPS) is 19.0. The van der Waals surface area contributed by atoms with Crippen LogP contribution in [0.5, 0.6) is 0 Å². The Kier molecular flexibility index (Phi) is 6.52. The fourth-order valence-electron chi connectivity index (χ4n) is 2.88. The lowest BCUT2D eigenvalue weighted by Gasteiger charge is -2.35. The maximum Gasteiger partial charge on any atom is 0.407 e. The van der Waals surface area contributed by atoms with Crippen LogP contribution < -0.4 is 0 Å². The smallest absolute Gasteiger partial charge is 0.407 e. The Morgan fingerprint density at radius 2 is 2.43 bits per heavy atom. The largest absolute Gasteiger partial charge is 0.465 e. The molecule has 0 aromatic heterocycles. The Morgan fingerprint density at radius 1 is 1.61 bits per heavy atom. The highest BCUT2D eigenvalue weighted by atomic mass is 35.5. The SMILES string of the molecule is [N-]=[N+]=NCCO[C@@H](c1cccc(Cl)c1)[C@@H]1CCCN(C(=O)O)C1. The number of hydrogen-bond donors (Lipinski definition) is 1. The minimum Gasteiger partial charge on any atom is -0.465 e. The van der Waals surface area contributed by atoms with Crippen molar-refractivity contribution in [1.29, 1.82) is 0 Å². The topological polar surface area (TPSA) is 98.5 Å². The number of amides is 1. The average Bonchev–Trinajstić information content (AvgIpc) is 2.55. The molecule has 1 aliphatic heterocycles. The van der Waals surface area contributed by atoms with E-state index in [0.717, 1.165) is 18.4 Å². The van der Waals surface area contributed by atoms with Crippen LogP contribution in [0, 0.1) is 5.92 Å². The third kappa shape index (κ3) is 5.03. The molecule has 1 fully saturated rings. The summed E-state index contributed by atoms with van der Waals surface area (Å²) in [6, 6.07) is 7.38. The summed E-state index contributed by atoms with van der Waals surface area (Å²) < 4.78 is 5.91. The number of carboxylic acid groups (broad SMARTS) is 1. The van der Waals surface area contributed by atoms with Crippen molar-refractivity contribution in [3.8, 4) is 0 Å². The average molecular weight is 339 g/mol. The van der Waals surface area contributed by atoms with Gasteiger partial charge < -0.3 is 14.7 Å². The highest BCUT2D eigenvalue weighted by Gasteiger charge is 2.31. The maximum atomic E-state index is 11.2. The van der Waals surface area contributed by atoms with Crippen LogP contribution in [0.4, 0.5) is 4.79 Å². The van der Waals surface area contributed by atoms with Gasteiger partial charge in [-0.1, -0.05) is 28.8 Å². The molecule has 7 nitrogen and oxygen atoms in total. The second-order valence-corrected chi connectivity index (χ2v) is 5.87. The zero-order valence-corrected chi connectivity index (χ0v) is 13.4. The van der Waals surface area contributed by atoms with E-state index in [1.807, 2.05) is 18.2 Å². The van der Waals surface area contributed by atoms with E-state index in [0.29, 0.717) is 18.1 Å². The number of piperidine rings is 1. The Hall–Kier alpha value is -1.95. The van der Waals surface area contributed by atoms with Crippen LogP contribution >= 0.6 is 11.6 Å². The fraction of sp³-hybridized carbons (Fsp3) is 0.533. The second kappa shape index (κ2) is 8.62. The van der Waals surface area contributed by atoms with Crippen molar-refractivity contribution < 1.29 is 14.6 Å². The van der Waals surface area contributed by atoms with Gasteiger partial charge in [0.2, 0.25) is 0 Å². The summed E-state index contributed by atoms with van der Waals surface area (Å²) in [5.41, 5.74) is 9.26. The molecule has 1 aromatic rings. The molecular weight excluding hydrogens is 320 g/mol. The van der Waals surface area contributed by atoms with Gasteiger partial charge in [-0.15, -0.1) is 0 Å². The van der Waals surface area contributed by atoms with Crippen LogP contribution in [0.2, 0.25) is 5.02 Å². The lowest BCUT2D eigenvalue weighted by Crippen LogP contribution is -2.41. The molecule has 0 unspecified atom stereocenters. The Balaban J connectivity index is 2.14. The number of rotatable bonds is 6. The van der Waals surface area contributed by atoms with Crippen LogP contribution in [0.15, 0.2) is 29.4 Å². The number of carbonyl (C=O) groups is 1. The van der Waals surface area contributed by atoms with Crippen LogP contribution in [-0.2, 0) is 4.74 Å². The van der Waals surface area contributed by atoms with Crippen molar-refractivity contribution in [2.45, 2.75) is 18.9 Å². The molecule has 1 saturated heterocycles. The molecular formula is C15H19ClN4O3. The van der Waals surface area contributed by atoms with Crippen molar-refractivity contribution in [1.82, 2.24) is 4.90 Å². The molecule has 0 spiro atoms. The van der Waals surface area contributed by atoms with Gasteiger partial charge in [0.1, 0.15) is 0 Å². The predicted octanol–water partition coefficient (Wildman–Crippen LogP) is 4.10. The Bertz CT molecular complexity index is 592. The summed E-state index contributed by atoms with van der Waals surface area (Å²) >= 11 is 6.06. The quantitative estimate of drug-likeness (QED) is 0.366. The number of benzene rings is 1. The molecule has 1 aromatic carbocycles. The zero-order valence-electron chi connectivity index (χ0n) is 12.6. The molecule has 0 radical (unpaired) electrons. The molecule has 2 rings (SSSR count). The van der Waals surface area contributed by atoms with Gasteiger partial charge in [0.25, 0.3) is 0 Å². The number of hydrogen-bond acceptors (Lipinski definition) is 3.